The first-order chi connectivity index (χ1) is 9.52. The lowest BCUT2D eigenvalue weighted by atomic mass is 9.99. The van der Waals surface area contributed by atoms with E-state index < -0.39 is 6.04 Å². The van der Waals surface area contributed by atoms with Gasteiger partial charge in [0.25, 0.3) is 0 Å². The van der Waals surface area contributed by atoms with Crippen LogP contribution in [0.1, 0.15) is 78.6 Å². The molecular weight excluding hydrogens is 252 g/mol. The number of rotatable bonds is 11. The maximum Gasteiger partial charge on any atom is 0.243 e. The van der Waals surface area contributed by atoms with Crippen LogP contribution in [-0.2, 0) is 9.59 Å². The van der Waals surface area contributed by atoms with E-state index in [1.165, 1.54) is 32.1 Å². The summed E-state index contributed by atoms with van der Waals surface area (Å²) < 4.78 is 0. The van der Waals surface area contributed by atoms with Gasteiger partial charge in [0.1, 0.15) is 0 Å². The molecule has 20 heavy (non-hydrogen) atoms. The SMILES string of the molecule is CCCCCCCCCC(=O)NC(=O)[C@@H](N)[C@@H](C)CC. The van der Waals surface area contributed by atoms with E-state index in [9.17, 15) is 9.59 Å². The molecule has 0 radical (unpaired) electrons. The maximum absolute atomic E-state index is 11.7. The summed E-state index contributed by atoms with van der Waals surface area (Å²) in [7, 11) is 0. The summed E-state index contributed by atoms with van der Waals surface area (Å²) in [5, 5.41) is 2.40. The zero-order valence-corrected chi connectivity index (χ0v) is 13.4. The lowest BCUT2D eigenvalue weighted by Crippen LogP contribution is -2.46. The summed E-state index contributed by atoms with van der Waals surface area (Å²) in [5.41, 5.74) is 5.78. The van der Waals surface area contributed by atoms with Gasteiger partial charge in [-0.2, -0.15) is 0 Å². The molecule has 0 bridgehead atoms. The van der Waals surface area contributed by atoms with E-state index in [1.807, 2.05) is 13.8 Å². The van der Waals surface area contributed by atoms with Crippen molar-refractivity contribution < 1.29 is 9.59 Å². The molecule has 118 valence electrons. The summed E-state index contributed by atoms with van der Waals surface area (Å²) in [4.78, 5) is 23.3. The third kappa shape index (κ3) is 9.08. The Labute approximate surface area is 123 Å². The van der Waals surface area contributed by atoms with Gasteiger partial charge in [0.2, 0.25) is 11.8 Å². The predicted molar refractivity (Wildman–Crippen MR) is 83.2 cm³/mol. The largest absolute Gasteiger partial charge is 0.320 e. The minimum Gasteiger partial charge on any atom is -0.320 e. The standard InChI is InChI=1S/C16H32N2O2/c1-4-6-7-8-9-10-11-12-14(19)18-16(20)15(17)13(3)5-2/h13,15H,4-12,17H2,1-3H3,(H,18,19,20)/t13-,15-/m0/s1. The van der Waals surface area contributed by atoms with Crippen LogP contribution in [0.5, 0.6) is 0 Å². The summed E-state index contributed by atoms with van der Waals surface area (Å²) in [5.74, 6) is -0.434. The topological polar surface area (TPSA) is 72.2 Å². The number of hydrogen-bond acceptors (Lipinski definition) is 3. The first-order valence-corrected chi connectivity index (χ1v) is 8.12. The van der Waals surface area contributed by atoms with Gasteiger partial charge < -0.3 is 5.73 Å². The fraction of sp³-hybridized carbons (Fsp3) is 0.875. The second kappa shape index (κ2) is 11.9. The number of nitrogens with one attached hydrogen (secondary N) is 1. The molecule has 0 aliphatic carbocycles. The Bertz CT molecular complexity index is 280. The first-order valence-electron chi connectivity index (χ1n) is 8.12. The van der Waals surface area contributed by atoms with E-state index in [0.717, 1.165) is 19.3 Å². The highest BCUT2D eigenvalue weighted by molar-refractivity contribution is 5.97. The Balaban J connectivity index is 3.65. The van der Waals surface area contributed by atoms with Gasteiger partial charge in [-0.15, -0.1) is 0 Å². The average molecular weight is 284 g/mol. The fourth-order valence-corrected chi connectivity index (χ4v) is 2.04. The lowest BCUT2D eigenvalue weighted by Gasteiger charge is -2.16. The van der Waals surface area contributed by atoms with E-state index in [1.54, 1.807) is 0 Å². The summed E-state index contributed by atoms with van der Waals surface area (Å²) >= 11 is 0. The smallest absolute Gasteiger partial charge is 0.243 e. The van der Waals surface area contributed by atoms with Crippen molar-refractivity contribution in [3.05, 3.63) is 0 Å². The zero-order valence-electron chi connectivity index (χ0n) is 13.4. The van der Waals surface area contributed by atoms with Crippen molar-refractivity contribution in [2.75, 3.05) is 0 Å². The number of carbonyl (C=O) groups excluding carboxylic acids is 2. The van der Waals surface area contributed by atoms with Gasteiger partial charge in [-0.3, -0.25) is 14.9 Å². The van der Waals surface area contributed by atoms with Gasteiger partial charge in [0.15, 0.2) is 0 Å². The molecule has 2 amide bonds. The fourth-order valence-electron chi connectivity index (χ4n) is 2.04. The molecule has 3 N–H and O–H groups in total. The minimum absolute atomic E-state index is 0.0985. The van der Waals surface area contributed by atoms with Crippen LogP contribution >= 0.6 is 0 Å². The zero-order chi connectivity index (χ0) is 15.4. The highest BCUT2D eigenvalue weighted by Crippen LogP contribution is 2.09. The van der Waals surface area contributed by atoms with E-state index in [-0.39, 0.29) is 17.7 Å². The number of imide groups is 1. The van der Waals surface area contributed by atoms with Gasteiger partial charge in [-0.25, -0.2) is 0 Å². The molecule has 0 aliphatic heterocycles. The molecule has 4 heteroatoms. The van der Waals surface area contributed by atoms with E-state index in [4.69, 9.17) is 5.73 Å². The van der Waals surface area contributed by atoms with Crippen LogP contribution in [0.25, 0.3) is 0 Å². The number of unbranched alkanes of at least 4 members (excludes halogenated alkanes) is 6. The lowest BCUT2D eigenvalue weighted by molar-refractivity contribution is -0.131. The number of hydrogen-bond donors (Lipinski definition) is 2. The molecule has 4 nitrogen and oxygen atoms in total. The van der Waals surface area contributed by atoms with Crippen LogP contribution in [0.2, 0.25) is 0 Å². The second-order valence-corrected chi connectivity index (χ2v) is 5.70. The highest BCUT2D eigenvalue weighted by atomic mass is 16.2. The normalized spacial score (nSPS) is 13.8. The maximum atomic E-state index is 11.7. The monoisotopic (exact) mass is 284 g/mol. The Hall–Kier alpha value is -0.900. The molecule has 0 heterocycles. The molecule has 0 aromatic heterocycles. The third-order valence-electron chi connectivity index (χ3n) is 3.83. The summed E-state index contributed by atoms with van der Waals surface area (Å²) in [6.07, 6.45) is 9.41. The van der Waals surface area contributed by atoms with Crippen molar-refractivity contribution in [2.24, 2.45) is 11.7 Å². The van der Waals surface area contributed by atoms with E-state index in [0.29, 0.717) is 6.42 Å². The predicted octanol–water partition coefficient (Wildman–Crippen LogP) is 3.14. The minimum atomic E-state index is -0.585. The molecule has 0 saturated carbocycles. The van der Waals surface area contributed by atoms with Crippen LogP contribution in [0.4, 0.5) is 0 Å². The summed E-state index contributed by atoms with van der Waals surface area (Å²) in [6, 6.07) is -0.585. The number of amides is 2. The van der Waals surface area contributed by atoms with Gasteiger partial charge in [0.05, 0.1) is 6.04 Å². The van der Waals surface area contributed by atoms with Gasteiger partial charge in [0, 0.05) is 6.42 Å². The van der Waals surface area contributed by atoms with Crippen LogP contribution in [0, 0.1) is 5.92 Å². The van der Waals surface area contributed by atoms with Crippen molar-refractivity contribution in [3.8, 4) is 0 Å². The van der Waals surface area contributed by atoms with Gasteiger partial charge >= 0.3 is 0 Å². The van der Waals surface area contributed by atoms with E-state index >= 15 is 0 Å². The van der Waals surface area contributed by atoms with E-state index in [2.05, 4.69) is 12.2 Å². The molecule has 0 aromatic carbocycles. The molecule has 0 rings (SSSR count). The summed E-state index contributed by atoms with van der Waals surface area (Å²) in [6.45, 7) is 6.11. The Morgan fingerprint density at radius 3 is 2.10 bits per heavy atom. The van der Waals surface area contributed by atoms with Crippen molar-refractivity contribution in [3.63, 3.8) is 0 Å². The number of nitrogens with two attached hydrogens (primary N) is 1. The Kier molecular flexibility index (Phi) is 11.4. The molecule has 0 spiro atoms. The number of carbonyl (C=O) groups is 2. The average Bonchev–Trinajstić information content (AvgIpc) is 2.44. The highest BCUT2D eigenvalue weighted by Gasteiger charge is 2.20. The van der Waals surface area contributed by atoms with Crippen molar-refractivity contribution in [1.29, 1.82) is 0 Å². The Morgan fingerprint density at radius 2 is 1.55 bits per heavy atom. The van der Waals surface area contributed by atoms with Crippen LogP contribution < -0.4 is 11.1 Å². The molecule has 0 aromatic rings. The molecule has 0 saturated heterocycles. The van der Waals surface area contributed by atoms with Crippen LogP contribution in [0.3, 0.4) is 0 Å². The van der Waals surface area contributed by atoms with Crippen molar-refractivity contribution in [2.45, 2.75) is 84.6 Å². The Morgan fingerprint density at radius 1 is 1.00 bits per heavy atom. The quantitative estimate of drug-likeness (QED) is 0.572. The molecule has 0 fully saturated rings. The van der Waals surface area contributed by atoms with Crippen molar-refractivity contribution >= 4 is 11.8 Å². The van der Waals surface area contributed by atoms with Crippen LogP contribution in [0.15, 0.2) is 0 Å². The third-order valence-corrected chi connectivity index (χ3v) is 3.83. The van der Waals surface area contributed by atoms with Gasteiger partial charge in [-0.1, -0.05) is 65.7 Å². The van der Waals surface area contributed by atoms with Gasteiger partial charge in [-0.05, 0) is 12.3 Å². The molecule has 0 aliphatic rings. The van der Waals surface area contributed by atoms with Crippen LogP contribution in [-0.4, -0.2) is 17.9 Å². The molecule has 2 atom stereocenters. The molecule has 0 unspecified atom stereocenters. The van der Waals surface area contributed by atoms with Crippen molar-refractivity contribution in [1.82, 2.24) is 5.32 Å². The molecular formula is C16H32N2O2. The second-order valence-electron chi connectivity index (χ2n) is 5.70. The first kappa shape index (κ1) is 19.1.